The lowest BCUT2D eigenvalue weighted by Crippen LogP contribution is -2.52. The van der Waals surface area contributed by atoms with E-state index >= 15 is 0 Å². The number of carbonyl (C=O) groups is 2. The van der Waals surface area contributed by atoms with Gasteiger partial charge in [-0.25, -0.2) is 5.06 Å². The molecule has 11 nitrogen and oxygen atoms in total. The molecule has 0 aromatic heterocycles. The molecule has 11 heteroatoms. The van der Waals surface area contributed by atoms with E-state index in [0.29, 0.717) is 30.9 Å². The summed E-state index contributed by atoms with van der Waals surface area (Å²) >= 11 is 0. The van der Waals surface area contributed by atoms with Crippen molar-refractivity contribution in [2.45, 2.75) is 103 Å². The summed E-state index contributed by atoms with van der Waals surface area (Å²) in [6, 6.07) is 8.18. The zero-order valence-electron chi connectivity index (χ0n) is 33.1. The number of aliphatic imine (C=N–C) groups is 1. The highest BCUT2D eigenvalue weighted by atomic mass is 16.7. The molecule has 0 spiro atoms. The molecule has 52 heavy (non-hydrogen) atoms. The summed E-state index contributed by atoms with van der Waals surface area (Å²) in [5, 5.41) is 27.6. The third kappa shape index (κ3) is 10.3. The quantitative estimate of drug-likeness (QED) is 0.0793. The predicted molar refractivity (Wildman–Crippen MR) is 209 cm³/mol. The maximum absolute atomic E-state index is 13.4. The highest BCUT2D eigenvalue weighted by molar-refractivity contribution is 5.96. The van der Waals surface area contributed by atoms with Crippen molar-refractivity contribution in [2.75, 3.05) is 54.5 Å². The number of nitrogens with zero attached hydrogens (tertiary/aromatic N) is 5. The number of aliphatic hydroxyl groups excluding tert-OH is 1. The van der Waals surface area contributed by atoms with E-state index in [4.69, 9.17) is 9.83 Å². The number of hydrogen-bond donors (Lipinski definition) is 3. The largest absolute Gasteiger partial charge is 0.394 e. The molecule has 1 aliphatic heterocycles. The number of piperidine rings is 1. The number of rotatable bonds is 14. The number of benzene rings is 1. The number of amides is 2. The Hall–Kier alpha value is -3.98. The molecule has 2 fully saturated rings. The van der Waals surface area contributed by atoms with E-state index in [1.807, 2.05) is 24.2 Å². The molecule has 2 amide bonds. The molecule has 4 rings (SSSR count). The summed E-state index contributed by atoms with van der Waals surface area (Å²) in [5.74, 6) is 1.12. The number of hydrogen-bond acceptors (Lipinski definition) is 8. The molecular weight excluding hydrogens is 654 g/mol. The van der Waals surface area contributed by atoms with Gasteiger partial charge in [-0.15, -0.1) is 0 Å². The van der Waals surface area contributed by atoms with Gasteiger partial charge in [0.2, 0.25) is 5.91 Å². The molecular formula is C41H63N7O4. The van der Waals surface area contributed by atoms with Crippen LogP contribution < -0.4 is 10.6 Å². The number of fused-ring (bicyclic) bond motifs is 2. The molecule has 0 bridgehead atoms. The standard InChI is InChI=1S/C38H56N6O4.C3H7N/c1-25(2)9-10-28-11-12-29-19-30(36(47)42(6)7)13-14-33(29)38(22-27(28)5,37(41-17-18-45)44(48-8)26(3)4)15-16-40-24-35(46)43-32(23-39)20-31-21-34(31)43;1-3-4-2/h9,13-14,19,26,31-32,34,40,45H,10-12,15-18,20-22,24H2,1-8H3;3-4H,1H2,2H3/b28-27-,41-37?;. The average molecular weight is 718 g/mol. The van der Waals surface area contributed by atoms with E-state index < -0.39 is 5.41 Å². The van der Waals surface area contributed by atoms with Crippen molar-refractivity contribution in [2.24, 2.45) is 10.9 Å². The minimum absolute atomic E-state index is 0.0274. The third-order valence-corrected chi connectivity index (χ3v) is 10.3. The second-order valence-corrected chi connectivity index (χ2v) is 14.9. The Labute approximate surface area is 312 Å². The lowest BCUT2D eigenvalue weighted by atomic mass is 9.67. The summed E-state index contributed by atoms with van der Waals surface area (Å²) in [4.78, 5) is 41.0. The fraction of sp³-hybridized carbons (Fsp3) is 0.610. The Morgan fingerprint density at radius 2 is 1.96 bits per heavy atom. The number of amidine groups is 1. The zero-order valence-corrected chi connectivity index (χ0v) is 33.1. The number of aryl methyl sites for hydroxylation is 1. The van der Waals surface area contributed by atoms with Crippen molar-refractivity contribution < 1.29 is 19.5 Å². The SMILES string of the molecule is C=CNC.CON(C(=NCCO)C1(CCNCC(=O)N2C(C#N)CC3CC32)C/C(C)=C(/CC=C(C)C)CCc2cc(C(=O)N(C)C)ccc21)C(C)C. The minimum atomic E-state index is -0.703. The van der Waals surface area contributed by atoms with Crippen molar-refractivity contribution in [1.82, 2.24) is 25.5 Å². The number of aliphatic hydroxyl groups is 1. The van der Waals surface area contributed by atoms with Gasteiger partial charge in [0, 0.05) is 32.7 Å². The predicted octanol–water partition coefficient (Wildman–Crippen LogP) is 5.14. The number of hydroxylamine groups is 2. The smallest absolute Gasteiger partial charge is 0.253 e. The van der Waals surface area contributed by atoms with Gasteiger partial charge >= 0.3 is 0 Å². The zero-order chi connectivity index (χ0) is 38.6. The van der Waals surface area contributed by atoms with Crippen molar-refractivity contribution in [3.63, 3.8) is 0 Å². The first-order chi connectivity index (χ1) is 24.8. The number of carbonyl (C=O) groups excluding carboxylic acids is 2. The van der Waals surface area contributed by atoms with Crippen LogP contribution in [0.1, 0.15) is 94.6 Å². The topological polar surface area (TPSA) is 134 Å². The monoisotopic (exact) mass is 717 g/mol. The van der Waals surface area contributed by atoms with Crippen molar-refractivity contribution in [3.8, 4) is 6.07 Å². The maximum atomic E-state index is 13.4. The van der Waals surface area contributed by atoms with Crippen LogP contribution >= 0.6 is 0 Å². The van der Waals surface area contributed by atoms with Gasteiger partial charge in [-0.2, -0.15) is 5.26 Å². The first kappa shape index (κ1) is 42.4. The van der Waals surface area contributed by atoms with Crippen LogP contribution in [0.25, 0.3) is 0 Å². The van der Waals surface area contributed by atoms with Gasteiger partial charge in [-0.05, 0) is 121 Å². The van der Waals surface area contributed by atoms with E-state index in [1.165, 1.54) is 16.7 Å². The van der Waals surface area contributed by atoms with E-state index in [2.05, 4.69) is 70.0 Å². The van der Waals surface area contributed by atoms with Gasteiger partial charge in [-0.3, -0.25) is 19.4 Å². The Balaban J connectivity index is 0.00000173. The Kier molecular flexibility index (Phi) is 16.1. The molecule has 4 unspecified atom stereocenters. The van der Waals surface area contributed by atoms with Crippen molar-refractivity contribution in [1.29, 1.82) is 5.26 Å². The maximum Gasteiger partial charge on any atom is 0.253 e. The van der Waals surface area contributed by atoms with Gasteiger partial charge in [0.15, 0.2) is 0 Å². The molecule has 1 heterocycles. The number of nitrogens with one attached hydrogen (secondary N) is 2. The fourth-order valence-electron chi connectivity index (χ4n) is 7.62. The van der Waals surface area contributed by atoms with Gasteiger partial charge in [0.1, 0.15) is 11.9 Å². The molecule has 0 radical (unpaired) electrons. The number of likely N-dealkylation sites (tertiary alicyclic amines) is 1. The third-order valence-electron chi connectivity index (χ3n) is 10.3. The first-order valence-corrected chi connectivity index (χ1v) is 18.6. The highest BCUT2D eigenvalue weighted by Gasteiger charge is 2.54. The van der Waals surface area contributed by atoms with Gasteiger partial charge in [0.05, 0.1) is 44.3 Å². The molecule has 1 aromatic rings. The lowest BCUT2D eigenvalue weighted by Gasteiger charge is -2.44. The normalized spacial score (nSPS) is 23.5. The molecule has 286 valence electrons. The van der Waals surface area contributed by atoms with Crippen LogP contribution in [0.5, 0.6) is 0 Å². The number of nitriles is 1. The van der Waals surface area contributed by atoms with Crippen LogP contribution in [-0.2, 0) is 21.5 Å². The Morgan fingerprint density at radius 1 is 1.25 bits per heavy atom. The second-order valence-electron chi connectivity index (χ2n) is 14.9. The van der Waals surface area contributed by atoms with Crippen molar-refractivity contribution in [3.05, 3.63) is 70.5 Å². The van der Waals surface area contributed by atoms with E-state index in [-0.39, 0.29) is 49.6 Å². The van der Waals surface area contributed by atoms with Crippen LogP contribution in [0.15, 0.2) is 58.8 Å². The minimum Gasteiger partial charge on any atom is -0.394 e. The molecule has 3 aliphatic rings. The van der Waals surface area contributed by atoms with Crippen molar-refractivity contribution >= 4 is 17.6 Å². The summed E-state index contributed by atoms with van der Waals surface area (Å²) in [6.07, 6.45) is 9.41. The van der Waals surface area contributed by atoms with Gasteiger partial charge in [-0.1, -0.05) is 35.4 Å². The highest BCUT2D eigenvalue weighted by Crippen LogP contribution is 2.48. The number of allylic oxidation sites excluding steroid dienone is 4. The van der Waals surface area contributed by atoms with Crippen LogP contribution in [0.4, 0.5) is 0 Å². The molecule has 2 aliphatic carbocycles. The first-order valence-electron chi connectivity index (χ1n) is 18.6. The van der Waals surface area contributed by atoms with Crippen LogP contribution in [0, 0.1) is 17.2 Å². The van der Waals surface area contributed by atoms with E-state index in [0.717, 1.165) is 49.1 Å². The summed E-state index contributed by atoms with van der Waals surface area (Å²) < 4.78 is 0. The van der Waals surface area contributed by atoms with Gasteiger partial charge < -0.3 is 25.5 Å². The van der Waals surface area contributed by atoms with Crippen LogP contribution in [-0.4, -0.2) is 110 Å². The summed E-state index contributed by atoms with van der Waals surface area (Å²) in [7, 11) is 7.00. The Morgan fingerprint density at radius 3 is 2.54 bits per heavy atom. The molecule has 1 saturated carbocycles. The van der Waals surface area contributed by atoms with E-state index in [9.17, 15) is 20.0 Å². The average Bonchev–Trinajstić information content (AvgIpc) is 3.78. The molecule has 3 N–H and O–H groups in total. The van der Waals surface area contributed by atoms with E-state index in [1.54, 1.807) is 37.2 Å². The van der Waals surface area contributed by atoms with Gasteiger partial charge in [0.25, 0.3) is 5.91 Å². The second kappa shape index (κ2) is 19.7. The van der Waals surface area contributed by atoms with Crippen LogP contribution in [0.3, 0.4) is 0 Å². The Bertz CT molecular complexity index is 1540. The fourth-order valence-corrected chi connectivity index (χ4v) is 7.62. The molecule has 4 atom stereocenters. The lowest BCUT2D eigenvalue weighted by molar-refractivity contribution is -0.131. The summed E-state index contributed by atoms with van der Waals surface area (Å²) in [5.41, 5.74) is 6.02. The molecule has 1 saturated heterocycles. The molecule has 1 aromatic carbocycles. The summed E-state index contributed by atoms with van der Waals surface area (Å²) in [6.45, 7) is 14.7. The van der Waals surface area contributed by atoms with Crippen LogP contribution in [0.2, 0.25) is 0 Å².